The quantitative estimate of drug-likeness (QED) is 0.632. The topological polar surface area (TPSA) is 20.2 Å². The van der Waals surface area contributed by atoms with Crippen LogP contribution in [0.25, 0.3) is 0 Å². The van der Waals surface area contributed by atoms with E-state index in [1.165, 1.54) is 11.3 Å². The normalized spacial score (nSPS) is 11.4. The Morgan fingerprint density at radius 2 is 2.31 bits per heavy atom. The van der Waals surface area contributed by atoms with Gasteiger partial charge in [-0.15, -0.1) is 22.9 Å². The minimum Gasteiger partial charge on any atom is -0.386 e. The van der Waals surface area contributed by atoms with Crippen molar-refractivity contribution < 1.29 is 5.11 Å². The zero-order valence-electron chi connectivity index (χ0n) is 8.83. The summed E-state index contributed by atoms with van der Waals surface area (Å²) in [7, 11) is 0. The van der Waals surface area contributed by atoms with Gasteiger partial charge in [0, 0.05) is 4.88 Å². The zero-order chi connectivity index (χ0) is 11.8. The van der Waals surface area contributed by atoms with Gasteiger partial charge >= 0.3 is 0 Å². The fourth-order valence-corrected chi connectivity index (χ4v) is 2.03. The molecule has 0 aliphatic heterocycles. The first-order chi connectivity index (χ1) is 7.77. The van der Waals surface area contributed by atoms with Crippen LogP contribution in [-0.2, 0) is 0 Å². The van der Waals surface area contributed by atoms with Crippen LogP contribution < -0.4 is 0 Å². The highest BCUT2D eigenvalue weighted by molar-refractivity contribution is 7.12. The predicted octanol–water partition coefficient (Wildman–Crippen LogP) is 2.95. The lowest BCUT2D eigenvalue weighted by Gasteiger charge is -2.00. The molecule has 1 atom stereocenters. The largest absolute Gasteiger partial charge is 0.386 e. The lowest BCUT2D eigenvalue weighted by Crippen LogP contribution is -1.93. The molecule has 1 heterocycles. The second-order valence-corrected chi connectivity index (χ2v) is 4.32. The zero-order valence-corrected chi connectivity index (χ0v) is 10.4. The van der Waals surface area contributed by atoms with Gasteiger partial charge in [-0.3, -0.25) is 0 Å². The van der Waals surface area contributed by atoms with Crippen LogP contribution in [0.15, 0.2) is 24.3 Å². The number of halogens is 1. The van der Waals surface area contributed by atoms with Crippen molar-refractivity contribution in [1.82, 2.24) is 0 Å². The molecular formula is C13H11ClOS. The third-order valence-electron chi connectivity index (χ3n) is 1.67. The summed E-state index contributed by atoms with van der Waals surface area (Å²) < 4.78 is 0. The Kier molecular flexibility index (Phi) is 5.75. The van der Waals surface area contributed by atoms with Gasteiger partial charge < -0.3 is 5.11 Å². The van der Waals surface area contributed by atoms with E-state index in [-0.39, 0.29) is 5.88 Å². The molecule has 0 amide bonds. The van der Waals surface area contributed by atoms with E-state index in [0.29, 0.717) is 0 Å². The number of thiophene rings is 1. The molecule has 0 aliphatic rings. The van der Waals surface area contributed by atoms with Gasteiger partial charge in [-0.05, 0) is 42.9 Å². The number of hydrogen-bond acceptors (Lipinski definition) is 2. The summed E-state index contributed by atoms with van der Waals surface area (Å²) in [6, 6.07) is 3.70. The molecule has 1 N–H and O–H groups in total. The Labute approximate surface area is 105 Å². The first kappa shape index (κ1) is 12.9. The Morgan fingerprint density at radius 1 is 1.50 bits per heavy atom. The minimum atomic E-state index is -0.601. The predicted molar refractivity (Wildman–Crippen MR) is 69.5 cm³/mol. The summed E-state index contributed by atoms with van der Waals surface area (Å²) in [6.45, 7) is 1.90. The maximum atomic E-state index is 9.48. The number of rotatable bonds is 2. The van der Waals surface area contributed by atoms with Crippen molar-refractivity contribution in [1.29, 1.82) is 0 Å². The molecule has 1 unspecified atom stereocenters. The number of alkyl halides is 1. The maximum Gasteiger partial charge on any atom is 0.102 e. The Bertz CT molecular complexity index is 479. The molecule has 1 aromatic rings. The first-order valence-electron chi connectivity index (χ1n) is 4.74. The third kappa shape index (κ3) is 4.13. The molecule has 0 saturated carbocycles. The van der Waals surface area contributed by atoms with Crippen LogP contribution in [0.5, 0.6) is 0 Å². The van der Waals surface area contributed by atoms with E-state index in [1.54, 1.807) is 6.08 Å². The van der Waals surface area contributed by atoms with Crippen molar-refractivity contribution in [2.45, 2.75) is 13.0 Å². The third-order valence-corrected chi connectivity index (χ3v) is 3.07. The van der Waals surface area contributed by atoms with Gasteiger partial charge in [-0.2, -0.15) is 0 Å². The van der Waals surface area contributed by atoms with Crippen molar-refractivity contribution in [2.24, 2.45) is 0 Å². The van der Waals surface area contributed by atoms with Gasteiger partial charge in [0.25, 0.3) is 0 Å². The van der Waals surface area contributed by atoms with Crippen LogP contribution in [0, 0.1) is 23.7 Å². The van der Waals surface area contributed by atoms with E-state index in [0.717, 1.165) is 9.75 Å². The van der Waals surface area contributed by atoms with Crippen LogP contribution in [0.1, 0.15) is 22.8 Å². The Morgan fingerprint density at radius 3 is 3.00 bits per heavy atom. The van der Waals surface area contributed by atoms with Crippen LogP contribution in [0.4, 0.5) is 0 Å². The van der Waals surface area contributed by atoms with Crippen LogP contribution in [0.3, 0.4) is 0 Å². The second-order valence-electron chi connectivity index (χ2n) is 2.89. The van der Waals surface area contributed by atoms with Crippen molar-refractivity contribution in [3.63, 3.8) is 0 Å². The molecule has 3 heteroatoms. The van der Waals surface area contributed by atoms with Gasteiger partial charge in [-0.25, -0.2) is 0 Å². The van der Waals surface area contributed by atoms with E-state index in [9.17, 15) is 5.11 Å². The lowest BCUT2D eigenvalue weighted by molar-refractivity contribution is 0.206. The van der Waals surface area contributed by atoms with Crippen molar-refractivity contribution in [3.05, 3.63) is 34.0 Å². The van der Waals surface area contributed by atoms with Crippen LogP contribution >= 0.6 is 22.9 Å². The number of aliphatic hydroxyl groups is 1. The molecule has 0 radical (unpaired) electrons. The first-order valence-corrected chi connectivity index (χ1v) is 6.09. The van der Waals surface area contributed by atoms with E-state index in [4.69, 9.17) is 11.6 Å². The van der Waals surface area contributed by atoms with E-state index < -0.39 is 6.10 Å². The molecule has 1 rings (SSSR count). The highest BCUT2D eigenvalue weighted by Gasteiger charge is 2.07. The van der Waals surface area contributed by atoms with Gasteiger partial charge in [-0.1, -0.05) is 12.0 Å². The molecule has 0 fully saturated rings. The van der Waals surface area contributed by atoms with E-state index >= 15 is 0 Å². The molecule has 0 aliphatic carbocycles. The summed E-state index contributed by atoms with van der Waals surface area (Å²) >= 11 is 6.98. The number of aliphatic hydroxyl groups excluding tert-OH is 1. The Hall–Kier alpha value is -1.19. The van der Waals surface area contributed by atoms with Crippen molar-refractivity contribution in [2.75, 3.05) is 5.88 Å². The van der Waals surface area contributed by atoms with Crippen molar-refractivity contribution in [3.8, 4) is 23.7 Å². The summed E-state index contributed by atoms with van der Waals surface area (Å²) in [5, 5.41) is 9.48. The molecule has 1 aromatic heterocycles. The molecule has 82 valence electrons. The summed E-state index contributed by atoms with van der Waals surface area (Å²) in [4.78, 5) is 1.72. The minimum absolute atomic E-state index is 0.203. The maximum absolute atomic E-state index is 9.48. The smallest absolute Gasteiger partial charge is 0.102 e. The summed E-state index contributed by atoms with van der Waals surface area (Å²) in [5.74, 6) is 11.3. The highest BCUT2D eigenvalue weighted by Crippen LogP contribution is 2.23. The SMILES string of the molecule is C/C=C/C#CC#Cc1ccc(C(O)CCl)s1. The molecule has 0 bridgehead atoms. The van der Waals surface area contributed by atoms with Gasteiger partial charge in [0.05, 0.1) is 10.8 Å². The van der Waals surface area contributed by atoms with Gasteiger partial charge in [0.1, 0.15) is 6.10 Å². The second kappa shape index (κ2) is 7.14. The van der Waals surface area contributed by atoms with Gasteiger partial charge in [0.2, 0.25) is 0 Å². The molecular weight excluding hydrogens is 240 g/mol. The van der Waals surface area contributed by atoms with Crippen molar-refractivity contribution >= 4 is 22.9 Å². The van der Waals surface area contributed by atoms with E-state index in [1.807, 2.05) is 25.1 Å². The Balaban J connectivity index is 2.69. The molecule has 1 nitrogen and oxygen atoms in total. The lowest BCUT2D eigenvalue weighted by atomic mass is 10.3. The monoisotopic (exact) mass is 250 g/mol. The summed E-state index contributed by atoms with van der Waals surface area (Å²) in [6.07, 6.45) is 3.00. The van der Waals surface area contributed by atoms with E-state index in [2.05, 4.69) is 23.7 Å². The number of allylic oxidation sites excluding steroid dienone is 2. The molecule has 0 aromatic carbocycles. The molecule has 0 saturated heterocycles. The highest BCUT2D eigenvalue weighted by atomic mass is 35.5. The van der Waals surface area contributed by atoms with Crippen LogP contribution in [-0.4, -0.2) is 11.0 Å². The average molecular weight is 251 g/mol. The fourth-order valence-electron chi connectivity index (χ4n) is 0.929. The summed E-state index contributed by atoms with van der Waals surface area (Å²) in [5.41, 5.74) is 0. The number of hydrogen-bond donors (Lipinski definition) is 1. The fraction of sp³-hybridized carbons (Fsp3) is 0.231. The molecule has 16 heavy (non-hydrogen) atoms. The van der Waals surface area contributed by atoms with Crippen LogP contribution in [0.2, 0.25) is 0 Å². The standard InChI is InChI=1S/C13H11ClOS/c1-2-3-4-5-6-7-11-8-9-13(16-11)12(15)10-14/h2-3,8-9,12,15H,10H2,1H3/b3-2+. The average Bonchev–Trinajstić information content (AvgIpc) is 2.76. The molecule has 0 spiro atoms. The van der Waals surface area contributed by atoms with Gasteiger partial charge in [0.15, 0.2) is 0 Å².